The van der Waals surface area contributed by atoms with E-state index in [1.165, 1.54) is 77.2 Å². The SMILES string of the molecule is CC1(C)c2cc(-c3ccccc3)c3oc4ccccc4c3c2-c2ccc3c(c21)C(C)(C)c1cc(-c2ccccc2)c2oc4ccccc4c2c1-3. The lowest BCUT2D eigenvalue weighted by Crippen LogP contribution is -2.24. The molecule has 0 N–H and O–H groups in total. The first kappa shape index (κ1) is 28.0. The van der Waals surface area contributed by atoms with E-state index >= 15 is 0 Å². The van der Waals surface area contributed by atoms with E-state index in [1.54, 1.807) is 0 Å². The van der Waals surface area contributed by atoms with Gasteiger partial charge in [-0.25, -0.2) is 0 Å². The van der Waals surface area contributed by atoms with E-state index in [4.69, 9.17) is 8.83 Å². The monoisotopic (exact) mass is 642 g/mol. The van der Waals surface area contributed by atoms with Crippen LogP contribution in [0.5, 0.6) is 0 Å². The molecule has 2 aliphatic carbocycles. The fourth-order valence-corrected chi connectivity index (χ4v) is 9.60. The zero-order valence-corrected chi connectivity index (χ0v) is 28.5. The molecule has 2 nitrogen and oxygen atoms in total. The third kappa shape index (κ3) is 3.39. The maximum atomic E-state index is 6.76. The van der Waals surface area contributed by atoms with Gasteiger partial charge in [0.25, 0.3) is 0 Å². The van der Waals surface area contributed by atoms with Gasteiger partial charge in [0, 0.05) is 43.5 Å². The van der Waals surface area contributed by atoms with Crippen LogP contribution in [0.1, 0.15) is 49.9 Å². The van der Waals surface area contributed by atoms with Crippen LogP contribution in [0.25, 0.3) is 88.4 Å². The predicted octanol–water partition coefficient (Wildman–Crippen LogP) is 13.4. The van der Waals surface area contributed by atoms with Crippen molar-refractivity contribution in [1.82, 2.24) is 0 Å². The molecule has 2 heteroatoms. The summed E-state index contributed by atoms with van der Waals surface area (Å²) >= 11 is 0. The second-order valence-corrected chi connectivity index (χ2v) is 15.2. The minimum absolute atomic E-state index is 0.259. The smallest absolute Gasteiger partial charge is 0.143 e. The molecular formula is C48H34O2. The van der Waals surface area contributed by atoms with Crippen molar-refractivity contribution in [2.45, 2.75) is 38.5 Å². The Kier molecular flexibility index (Phi) is 5.28. The quantitative estimate of drug-likeness (QED) is 0.188. The number of hydrogen-bond acceptors (Lipinski definition) is 2. The van der Waals surface area contributed by atoms with Gasteiger partial charge in [0.1, 0.15) is 22.3 Å². The van der Waals surface area contributed by atoms with Crippen molar-refractivity contribution in [3.63, 3.8) is 0 Å². The summed E-state index contributed by atoms with van der Waals surface area (Å²) in [5.74, 6) is 0. The number of para-hydroxylation sites is 2. The average molecular weight is 643 g/mol. The van der Waals surface area contributed by atoms with Crippen LogP contribution in [0, 0.1) is 0 Å². The van der Waals surface area contributed by atoms with E-state index < -0.39 is 0 Å². The van der Waals surface area contributed by atoms with Crippen molar-refractivity contribution in [1.29, 1.82) is 0 Å². The Balaban J connectivity index is 1.27. The first-order valence-electron chi connectivity index (χ1n) is 17.6. The molecule has 2 heterocycles. The van der Waals surface area contributed by atoms with Gasteiger partial charge in [-0.05, 0) is 79.9 Å². The summed E-state index contributed by atoms with van der Waals surface area (Å²) in [6.45, 7) is 9.71. The van der Waals surface area contributed by atoms with Gasteiger partial charge >= 0.3 is 0 Å². The van der Waals surface area contributed by atoms with Crippen molar-refractivity contribution >= 4 is 43.9 Å². The van der Waals surface area contributed by atoms with E-state index in [0.717, 1.165) is 33.5 Å². The minimum atomic E-state index is -0.259. The van der Waals surface area contributed by atoms with Crippen LogP contribution in [0.4, 0.5) is 0 Å². The molecule has 0 radical (unpaired) electrons. The average Bonchev–Trinajstić information content (AvgIpc) is 3.84. The van der Waals surface area contributed by atoms with Crippen molar-refractivity contribution in [2.24, 2.45) is 0 Å². The largest absolute Gasteiger partial charge is 0.455 e. The standard InChI is InChI=1S/C48H34O2/c1-47(2)35-25-33(27-15-7-5-8-16-27)45-41(29-19-11-13-21-37(29)49-45)39(35)31-23-24-32-40-36(48(3,4)44(32)43(31)47)26-34(28-17-9-6-10-18-28)46-42(40)30-20-12-14-22-38(30)50-46/h5-26H,1-4H3. The first-order chi connectivity index (χ1) is 24.3. The highest BCUT2D eigenvalue weighted by atomic mass is 16.3. The van der Waals surface area contributed by atoms with Crippen LogP contribution in [-0.2, 0) is 10.8 Å². The van der Waals surface area contributed by atoms with Crippen molar-refractivity contribution in [3.05, 3.63) is 156 Å². The highest BCUT2D eigenvalue weighted by molar-refractivity contribution is 6.21. The molecule has 0 atom stereocenters. The van der Waals surface area contributed by atoms with Gasteiger partial charge in [0.05, 0.1) is 0 Å². The summed E-state index contributed by atoms with van der Waals surface area (Å²) < 4.78 is 13.5. The van der Waals surface area contributed by atoms with Crippen molar-refractivity contribution in [3.8, 4) is 44.5 Å². The molecule has 238 valence electrons. The molecule has 9 aromatic rings. The molecule has 2 aromatic heterocycles. The molecule has 0 bridgehead atoms. The van der Waals surface area contributed by atoms with Gasteiger partial charge in [0.2, 0.25) is 0 Å². The fraction of sp³-hybridized carbons (Fsp3) is 0.125. The Bertz CT molecular complexity index is 2700. The number of fused-ring (bicyclic) bond motifs is 15. The van der Waals surface area contributed by atoms with Crippen LogP contribution in [0.3, 0.4) is 0 Å². The molecular weight excluding hydrogens is 609 g/mol. The normalized spacial score (nSPS) is 15.1. The maximum absolute atomic E-state index is 6.76. The van der Waals surface area contributed by atoms with Crippen molar-refractivity contribution in [2.75, 3.05) is 0 Å². The fourth-order valence-electron chi connectivity index (χ4n) is 9.60. The Morgan fingerprint density at radius 3 is 1.20 bits per heavy atom. The third-order valence-electron chi connectivity index (χ3n) is 11.8. The number of rotatable bonds is 2. The second kappa shape index (κ2) is 9.43. The van der Waals surface area contributed by atoms with E-state index in [-0.39, 0.29) is 10.8 Å². The summed E-state index contributed by atoms with van der Waals surface area (Å²) in [4.78, 5) is 0. The Hall–Kier alpha value is -5.86. The zero-order valence-electron chi connectivity index (χ0n) is 28.5. The maximum Gasteiger partial charge on any atom is 0.143 e. The number of benzene rings is 7. The van der Waals surface area contributed by atoms with E-state index in [1.807, 2.05) is 0 Å². The summed E-state index contributed by atoms with van der Waals surface area (Å²) in [6.07, 6.45) is 0. The molecule has 11 rings (SSSR count). The molecule has 7 aromatic carbocycles. The summed E-state index contributed by atoms with van der Waals surface area (Å²) in [6, 6.07) is 48.1. The van der Waals surface area contributed by atoms with Gasteiger partial charge in [-0.2, -0.15) is 0 Å². The molecule has 2 aliphatic rings. The molecule has 0 unspecified atom stereocenters. The third-order valence-corrected chi connectivity index (χ3v) is 11.8. The molecule has 0 aliphatic heterocycles. The van der Waals surface area contributed by atoms with Gasteiger partial charge in [-0.3, -0.25) is 0 Å². The lowest BCUT2D eigenvalue weighted by Gasteiger charge is -2.31. The topological polar surface area (TPSA) is 26.3 Å². The number of hydrogen-bond donors (Lipinski definition) is 0. The molecule has 50 heavy (non-hydrogen) atoms. The van der Waals surface area contributed by atoms with Crippen LogP contribution < -0.4 is 0 Å². The van der Waals surface area contributed by atoms with Crippen LogP contribution in [0.2, 0.25) is 0 Å². The van der Waals surface area contributed by atoms with Crippen LogP contribution >= 0.6 is 0 Å². The van der Waals surface area contributed by atoms with Gasteiger partial charge in [-0.1, -0.05) is 137 Å². The number of furan rings is 2. The molecule has 0 amide bonds. The van der Waals surface area contributed by atoms with E-state index in [2.05, 4.69) is 161 Å². The van der Waals surface area contributed by atoms with Gasteiger partial charge < -0.3 is 8.83 Å². The highest BCUT2D eigenvalue weighted by Gasteiger charge is 2.48. The molecule has 0 spiro atoms. The van der Waals surface area contributed by atoms with E-state index in [9.17, 15) is 0 Å². The molecule has 0 saturated heterocycles. The first-order valence-corrected chi connectivity index (χ1v) is 17.6. The molecule has 0 fully saturated rings. The summed E-state index contributed by atoms with van der Waals surface area (Å²) in [7, 11) is 0. The lowest BCUT2D eigenvalue weighted by molar-refractivity contribution is 0.601. The van der Waals surface area contributed by atoms with E-state index in [0.29, 0.717) is 0 Å². The van der Waals surface area contributed by atoms with Crippen LogP contribution in [-0.4, -0.2) is 0 Å². The van der Waals surface area contributed by atoms with Gasteiger partial charge in [0.15, 0.2) is 0 Å². The highest BCUT2D eigenvalue weighted by Crippen LogP contribution is 2.63. The summed E-state index contributed by atoms with van der Waals surface area (Å²) in [5.41, 5.74) is 18.7. The Labute approximate surface area is 290 Å². The van der Waals surface area contributed by atoms with Gasteiger partial charge in [-0.15, -0.1) is 0 Å². The predicted molar refractivity (Wildman–Crippen MR) is 207 cm³/mol. The van der Waals surface area contributed by atoms with Crippen molar-refractivity contribution < 1.29 is 8.83 Å². The second-order valence-electron chi connectivity index (χ2n) is 15.2. The lowest BCUT2D eigenvalue weighted by atomic mass is 9.72. The Morgan fingerprint density at radius 2 is 0.780 bits per heavy atom. The zero-order chi connectivity index (χ0) is 33.5. The minimum Gasteiger partial charge on any atom is -0.455 e. The Morgan fingerprint density at radius 1 is 0.400 bits per heavy atom. The summed E-state index contributed by atoms with van der Waals surface area (Å²) in [5, 5.41) is 4.77. The van der Waals surface area contributed by atoms with Crippen LogP contribution in [0.15, 0.2) is 142 Å². The molecule has 0 saturated carbocycles.